The van der Waals surface area contributed by atoms with Crippen molar-refractivity contribution in [3.63, 3.8) is 0 Å². The number of nitrogens with two attached hydrogens (primary N) is 1. The Kier molecular flexibility index (Phi) is 4.59. The molecule has 0 aliphatic carbocycles. The number of nitrogen functional groups attached to an aromatic ring is 1. The first-order chi connectivity index (χ1) is 13.1. The van der Waals surface area contributed by atoms with E-state index in [-0.39, 0.29) is 11.9 Å². The van der Waals surface area contributed by atoms with Gasteiger partial charge in [-0.2, -0.15) is 5.26 Å². The second-order valence-corrected chi connectivity index (χ2v) is 7.33. The molecule has 27 heavy (non-hydrogen) atoms. The number of likely N-dealkylation sites (tertiary alicyclic amines) is 1. The quantitative estimate of drug-likeness (QED) is 0.850. The van der Waals surface area contributed by atoms with Crippen molar-refractivity contribution in [1.82, 2.24) is 9.80 Å². The van der Waals surface area contributed by atoms with Gasteiger partial charge in [-0.15, -0.1) is 0 Å². The number of hydrogen-bond donors (Lipinski definition) is 1. The van der Waals surface area contributed by atoms with Crippen molar-refractivity contribution in [2.75, 3.05) is 25.4 Å². The molecule has 2 atom stereocenters. The number of fused-ring (bicyclic) bond motifs is 1. The van der Waals surface area contributed by atoms with Crippen LogP contribution in [0.3, 0.4) is 0 Å². The van der Waals surface area contributed by atoms with E-state index in [1.807, 2.05) is 35.2 Å². The van der Waals surface area contributed by atoms with Gasteiger partial charge in [-0.1, -0.05) is 25.1 Å². The lowest BCUT2D eigenvalue weighted by Gasteiger charge is -2.32. The first kappa shape index (κ1) is 17.6. The van der Waals surface area contributed by atoms with Crippen LogP contribution in [0.2, 0.25) is 0 Å². The van der Waals surface area contributed by atoms with Crippen LogP contribution in [0.1, 0.15) is 52.9 Å². The topological polar surface area (TPSA) is 73.4 Å². The fourth-order valence-corrected chi connectivity index (χ4v) is 4.52. The van der Waals surface area contributed by atoms with Crippen LogP contribution in [-0.4, -0.2) is 41.4 Å². The van der Waals surface area contributed by atoms with Crippen LogP contribution in [0.5, 0.6) is 0 Å². The predicted octanol–water partition coefficient (Wildman–Crippen LogP) is 3.17. The molecular formula is C22H24N4O. The molecule has 2 aliphatic rings. The summed E-state index contributed by atoms with van der Waals surface area (Å²) < 4.78 is 0. The third kappa shape index (κ3) is 2.96. The molecular weight excluding hydrogens is 336 g/mol. The normalized spacial score (nSPS) is 22.1. The number of carbonyl (C=O) groups excluding carboxylic acids is 1. The smallest absolute Gasteiger partial charge is 0.255 e. The molecule has 1 amide bonds. The molecule has 0 aromatic heterocycles. The Balaban J connectivity index is 1.78. The maximum Gasteiger partial charge on any atom is 0.255 e. The van der Waals surface area contributed by atoms with Crippen molar-refractivity contribution in [1.29, 1.82) is 5.26 Å². The van der Waals surface area contributed by atoms with Crippen molar-refractivity contribution < 1.29 is 4.79 Å². The zero-order valence-electron chi connectivity index (χ0n) is 15.6. The van der Waals surface area contributed by atoms with Crippen LogP contribution in [0, 0.1) is 11.3 Å². The third-order valence-corrected chi connectivity index (χ3v) is 5.88. The lowest BCUT2D eigenvalue weighted by molar-refractivity contribution is 0.0696. The van der Waals surface area contributed by atoms with E-state index < -0.39 is 0 Å². The van der Waals surface area contributed by atoms with Gasteiger partial charge in [0.15, 0.2) is 0 Å². The van der Waals surface area contributed by atoms with Gasteiger partial charge in [-0.25, -0.2) is 0 Å². The number of nitrogens with zero attached hydrogens (tertiary/aromatic N) is 3. The molecule has 5 heteroatoms. The van der Waals surface area contributed by atoms with E-state index in [1.54, 1.807) is 12.1 Å². The number of anilines is 1. The van der Waals surface area contributed by atoms with Gasteiger partial charge in [0, 0.05) is 29.4 Å². The molecule has 1 saturated heterocycles. The van der Waals surface area contributed by atoms with E-state index in [9.17, 15) is 10.1 Å². The third-order valence-electron chi connectivity index (χ3n) is 5.88. The molecule has 0 bridgehead atoms. The summed E-state index contributed by atoms with van der Waals surface area (Å²) in [5.41, 5.74) is 10.0. The molecule has 2 unspecified atom stereocenters. The Hall–Kier alpha value is -2.84. The Labute approximate surface area is 160 Å². The Bertz CT molecular complexity index is 917. The maximum absolute atomic E-state index is 13.2. The van der Waals surface area contributed by atoms with Gasteiger partial charge in [-0.3, -0.25) is 9.69 Å². The highest BCUT2D eigenvalue weighted by atomic mass is 16.2. The summed E-state index contributed by atoms with van der Waals surface area (Å²) >= 11 is 0. The standard InChI is InChI=1S/C22H24N4O/c1-2-25-11-5-6-16(25)14-26-21(17-7-3-4-8-18(17)22(26)27)19-12-15(13-23)9-10-20(19)24/h3-4,7-10,12,16,21H,2,5-6,11,14,24H2,1H3. The molecule has 5 nitrogen and oxygen atoms in total. The molecule has 0 spiro atoms. The minimum absolute atomic E-state index is 0.0558. The first-order valence-electron chi connectivity index (χ1n) is 9.57. The molecule has 1 fully saturated rings. The van der Waals surface area contributed by atoms with E-state index in [0.29, 0.717) is 23.8 Å². The monoisotopic (exact) mass is 360 g/mol. The highest BCUT2D eigenvalue weighted by Crippen LogP contribution is 2.41. The summed E-state index contributed by atoms with van der Waals surface area (Å²) in [6.07, 6.45) is 2.28. The number of nitriles is 1. The molecule has 2 N–H and O–H groups in total. The molecule has 0 radical (unpaired) electrons. The summed E-state index contributed by atoms with van der Waals surface area (Å²) in [6.45, 7) is 4.94. The Morgan fingerprint density at radius 2 is 2.04 bits per heavy atom. The van der Waals surface area contributed by atoms with E-state index in [1.165, 1.54) is 6.42 Å². The van der Waals surface area contributed by atoms with Gasteiger partial charge in [0.25, 0.3) is 5.91 Å². The highest BCUT2D eigenvalue weighted by Gasteiger charge is 2.40. The summed E-state index contributed by atoms with van der Waals surface area (Å²) in [5, 5.41) is 9.33. The van der Waals surface area contributed by atoms with Crippen molar-refractivity contribution in [3.05, 3.63) is 64.7 Å². The molecule has 2 aromatic rings. The first-order valence-corrected chi connectivity index (χ1v) is 9.57. The predicted molar refractivity (Wildman–Crippen MR) is 105 cm³/mol. The number of rotatable bonds is 4. The zero-order valence-corrected chi connectivity index (χ0v) is 15.6. The molecule has 2 aromatic carbocycles. The van der Waals surface area contributed by atoms with Crippen molar-refractivity contribution in [3.8, 4) is 6.07 Å². The minimum Gasteiger partial charge on any atom is -0.398 e. The van der Waals surface area contributed by atoms with E-state index in [2.05, 4.69) is 17.9 Å². The van der Waals surface area contributed by atoms with Crippen molar-refractivity contribution in [2.45, 2.75) is 31.8 Å². The largest absolute Gasteiger partial charge is 0.398 e. The molecule has 2 heterocycles. The van der Waals surface area contributed by atoms with Gasteiger partial charge in [0.2, 0.25) is 0 Å². The van der Waals surface area contributed by atoms with E-state index >= 15 is 0 Å². The van der Waals surface area contributed by atoms with Gasteiger partial charge in [-0.05, 0) is 55.8 Å². The number of hydrogen-bond acceptors (Lipinski definition) is 4. The fourth-order valence-electron chi connectivity index (χ4n) is 4.52. The summed E-state index contributed by atoms with van der Waals surface area (Å²) in [6, 6.07) is 15.4. The van der Waals surface area contributed by atoms with Gasteiger partial charge >= 0.3 is 0 Å². The van der Waals surface area contributed by atoms with Crippen LogP contribution in [0.25, 0.3) is 0 Å². The zero-order chi connectivity index (χ0) is 19.0. The summed E-state index contributed by atoms with van der Waals surface area (Å²) in [4.78, 5) is 17.6. The number of carbonyl (C=O) groups is 1. The number of likely N-dealkylation sites (N-methyl/N-ethyl adjacent to an activating group) is 1. The maximum atomic E-state index is 13.2. The average molecular weight is 360 g/mol. The summed E-state index contributed by atoms with van der Waals surface area (Å²) in [7, 11) is 0. The van der Waals surface area contributed by atoms with Crippen molar-refractivity contribution >= 4 is 11.6 Å². The van der Waals surface area contributed by atoms with Crippen LogP contribution in [0.4, 0.5) is 5.69 Å². The van der Waals surface area contributed by atoms with Crippen molar-refractivity contribution in [2.24, 2.45) is 0 Å². The Morgan fingerprint density at radius 1 is 1.22 bits per heavy atom. The van der Waals surface area contributed by atoms with Crippen LogP contribution in [-0.2, 0) is 0 Å². The second kappa shape index (κ2) is 7.05. The van der Waals surface area contributed by atoms with Gasteiger partial charge in [0.1, 0.15) is 0 Å². The second-order valence-electron chi connectivity index (χ2n) is 7.33. The van der Waals surface area contributed by atoms with E-state index in [4.69, 9.17) is 5.73 Å². The summed E-state index contributed by atoms with van der Waals surface area (Å²) in [5.74, 6) is 0.0558. The molecule has 0 saturated carbocycles. The minimum atomic E-state index is -0.235. The van der Waals surface area contributed by atoms with Crippen LogP contribution >= 0.6 is 0 Å². The molecule has 4 rings (SSSR count). The SMILES string of the molecule is CCN1CCCC1CN1C(=O)c2ccccc2C1c1cc(C#N)ccc1N. The number of benzene rings is 2. The van der Waals surface area contributed by atoms with Crippen LogP contribution in [0.15, 0.2) is 42.5 Å². The Morgan fingerprint density at radius 3 is 2.81 bits per heavy atom. The van der Waals surface area contributed by atoms with Gasteiger partial charge in [0.05, 0.1) is 17.7 Å². The molecule has 138 valence electrons. The fraction of sp³-hybridized carbons (Fsp3) is 0.364. The lowest BCUT2D eigenvalue weighted by atomic mass is 9.95. The van der Waals surface area contributed by atoms with Crippen LogP contribution < -0.4 is 5.73 Å². The molecule has 2 aliphatic heterocycles. The highest BCUT2D eigenvalue weighted by molar-refractivity contribution is 6.00. The van der Waals surface area contributed by atoms with E-state index in [0.717, 1.165) is 36.2 Å². The van der Waals surface area contributed by atoms with Gasteiger partial charge < -0.3 is 10.6 Å². The average Bonchev–Trinajstić information content (AvgIpc) is 3.26. The number of amides is 1. The lowest BCUT2D eigenvalue weighted by Crippen LogP contribution is -2.42.